The molecule has 0 bridgehead atoms. The fourth-order valence-electron chi connectivity index (χ4n) is 2.61. The van der Waals surface area contributed by atoms with Gasteiger partial charge in [0.15, 0.2) is 0 Å². The minimum Gasteiger partial charge on any atom is -0.369 e. The van der Waals surface area contributed by atoms with Gasteiger partial charge in [-0.25, -0.2) is 0 Å². The van der Waals surface area contributed by atoms with Crippen LogP contribution in [-0.4, -0.2) is 39.8 Å². The van der Waals surface area contributed by atoms with Gasteiger partial charge in [0.25, 0.3) is 0 Å². The van der Waals surface area contributed by atoms with Gasteiger partial charge in [-0.2, -0.15) is 0 Å². The number of primary amides is 1. The minimum absolute atomic E-state index is 0.000573. The summed E-state index contributed by atoms with van der Waals surface area (Å²) in [4.78, 5) is 33.2. The van der Waals surface area contributed by atoms with E-state index in [4.69, 9.17) is 5.73 Å². The van der Waals surface area contributed by atoms with Gasteiger partial charge in [0, 0.05) is 31.9 Å². The van der Waals surface area contributed by atoms with Gasteiger partial charge in [-0.05, 0) is 24.1 Å². The van der Waals surface area contributed by atoms with Crippen LogP contribution in [0.15, 0.2) is 30.6 Å². The summed E-state index contributed by atoms with van der Waals surface area (Å²) in [5.74, 6) is -0.744. The maximum Gasteiger partial charge on any atom is 0.223 e. The van der Waals surface area contributed by atoms with Crippen LogP contribution in [0.25, 0.3) is 11.0 Å². The maximum atomic E-state index is 11.8. The fraction of sp³-hybridized carbons (Fsp3) is 0.333. The molecule has 2 aromatic rings. The first-order valence-electron chi connectivity index (χ1n) is 6.90. The van der Waals surface area contributed by atoms with Crippen molar-refractivity contribution in [3.8, 4) is 0 Å². The molecule has 1 unspecified atom stereocenters. The predicted molar refractivity (Wildman–Crippen MR) is 77.1 cm³/mol. The highest BCUT2D eigenvalue weighted by Crippen LogP contribution is 2.18. The number of aromatic nitrogens is 2. The lowest BCUT2D eigenvalue weighted by atomic mass is 10.1. The molecule has 6 nitrogen and oxygen atoms in total. The summed E-state index contributed by atoms with van der Waals surface area (Å²) in [6, 6.07) is 5.90. The Bertz CT molecular complexity index is 701. The fourth-order valence-corrected chi connectivity index (χ4v) is 2.61. The molecule has 1 fully saturated rings. The third-order valence-electron chi connectivity index (χ3n) is 3.82. The highest BCUT2D eigenvalue weighted by atomic mass is 16.2. The van der Waals surface area contributed by atoms with Crippen LogP contribution in [0.3, 0.4) is 0 Å². The number of nitrogens with two attached hydrogens (primary N) is 1. The van der Waals surface area contributed by atoms with Gasteiger partial charge >= 0.3 is 0 Å². The Kier molecular flexibility index (Phi) is 3.51. The summed E-state index contributed by atoms with van der Waals surface area (Å²) in [6.07, 6.45) is 4.28. The van der Waals surface area contributed by atoms with E-state index in [0.29, 0.717) is 13.1 Å². The Hall–Kier alpha value is -2.50. The standard InChI is InChI=1S/C15H16N4O2/c16-15(21)11-8-14(20)19(9-11)6-3-10-1-2-12-13(7-10)18-5-4-17-12/h1-2,4-5,7,11H,3,6,8-9H2,(H2,16,21). The van der Waals surface area contributed by atoms with E-state index in [-0.39, 0.29) is 18.2 Å². The van der Waals surface area contributed by atoms with E-state index in [1.165, 1.54) is 0 Å². The molecule has 6 heteroatoms. The second kappa shape index (κ2) is 5.47. The molecule has 2 amide bonds. The number of amides is 2. The van der Waals surface area contributed by atoms with Gasteiger partial charge in [-0.3, -0.25) is 19.6 Å². The summed E-state index contributed by atoms with van der Waals surface area (Å²) >= 11 is 0. The molecule has 1 atom stereocenters. The lowest BCUT2D eigenvalue weighted by Crippen LogP contribution is -2.30. The number of benzene rings is 1. The second-order valence-corrected chi connectivity index (χ2v) is 5.27. The quantitative estimate of drug-likeness (QED) is 0.885. The molecule has 0 aliphatic carbocycles. The van der Waals surface area contributed by atoms with Crippen LogP contribution in [0, 0.1) is 5.92 Å². The van der Waals surface area contributed by atoms with Crippen LogP contribution in [0.2, 0.25) is 0 Å². The van der Waals surface area contributed by atoms with Crippen molar-refractivity contribution in [1.82, 2.24) is 14.9 Å². The summed E-state index contributed by atoms with van der Waals surface area (Å²) in [7, 11) is 0. The highest BCUT2D eigenvalue weighted by Gasteiger charge is 2.32. The van der Waals surface area contributed by atoms with Crippen molar-refractivity contribution >= 4 is 22.8 Å². The summed E-state index contributed by atoms with van der Waals surface area (Å²) < 4.78 is 0. The van der Waals surface area contributed by atoms with Crippen molar-refractivity contribution in [2.24, 2.45) is 11.7 Å². The van der Waals surface area contributed by atoms with Gasteiger partial charge in [0.2, 0.25) is 11.8 Å². The molecule has 108 valence electrons. The molecular formula is C15H16N4O2. The number of carbonyl (C=O) groups excluding carboxylic acids is 2. The maximum absolute atomic E-state index is 11.8. The van der Waals surface area contributed by atoms with Crippen LogP contribution in [0.4, 0.5) is 0 Å². The van der Waals surface area contributed by atoms with Gasteiger partial charge in [0.1, 0.15) is 0 Å². The molecule has 21 heavy (non-hydrogen) atoms. The third kappa shape index (κ3) is 2.84. The largest absolute Gasteiger partial charge is 0.369 e. The Morgan fingerprint density at radius 1 is 1.29 bits per heavy atom. The number of hydrogen-bond acceptors (Lipinski definition) is 4. The molecule has 1 aromatic heterocycles. The Labute approximate surface area is 122 Å². The summed E-state index contributed by atoms with van der Waals surface area (Å²) in [6.45, 7) is 1.02. The zero-order valence-electron chi connectivity index (χ0n) is 11.5. The molecule has 0 radical (unpaired) electrons. The van der Waals surface area contributed by atoms with Gasteiger partial charge in [0.05, 0.1) is 17.0 Å². The van der Waals surface area contributed by atoms with E-state index in [1.807, 2.05) is 18.2 Å². The topological polar surface area (TPSA) is 89.2 Å². The van der Waals surface area contributed by atoms with Crippen LogP contribution in [0.5, 0.6) is 0 Å². The SMILES string of the molecule is NC(=O)C1CC(=O)N(CCc2ccc3nccnc3c2)C1. The van der Waals surface area contributed by atoms with Crippen molar-refractivity contribution in [3.05, 3.63) is 36.2 Å². The molecule has 1 aromatic carbocycles. The Morgan fingerprint density at radius 2 is 2.05 bits per heavy atom. The monoisotopic (exact) mass is 284 g/mol. The second-order valence-electron chi connectivity index (χ2n) is 5.27. The molecule has 1 saturated heterocycles. The number of fused-ring (bicyclic) bond motifs is 1. The zero-order chi connectivity index (χ0) is 14.8. The van der Waals surface area contributed by atoms with Crippen molar-refractivity contribution in [2.75, 3.05) is 13.1 Å². The van der Waals surface area contributed by atoms with E-state index >= 15 is 0 Å². The average molecular weight is 284 g/mol. The molecule has 1 aliphatic rings. The lowest BCUT2D eigenvalue weighted by molar-refractivity contribution is -0.128. The van der Waals surface area contributed by atoms with E-state index in [9.17, 15) is 9.59 Å². The predicted octanol–water partition coefficient (Wildman–Crippen LogP) is 0.506. The number of hydrogen-bond donors (Lipinski definition) is 1. The smallest absolute Gasteiger partial charge is 0.223 e. The molecule has 2 N–H and O–H groups in total. The van der Waals surface area contributed by atoms with Crippen LogP contribution in [0.1, 0.15) is 12.0 Å². The average Bonchev–Trinajstić information content (AvgIpc) is 2.86. The van der Waals surface area contributed by atoms with E-state index in [1.54, 1.807) is 17.3 Å². The minimum atomic E-state index is -0.396. The van der Waals surface area contributed by atoms with E-state index in [2.05, 4.69) is 9.97 Å². The number of nitrogens with zero attached hydrogens (tertiary/aromatic N) is 3. The van der Waals surface area contributed by atoms with E-state index < -0.39 is 5.91 Å². The van der Waals surface area contributed by atoms with Gasteiger partial charge < -0.3 is 10.6 Å². The first-order chi connectivity index (χ1) is 10.1. The van der Waals surface area contributed by atoms with Crippen LogP contribution < -0.4 is 5.73 Å². The molecule has 0 spiro atoms. The van der Waals surface area contributed by atoms with Crippen molar-refractivity contribution in [1.29, 1.82) is 0 Å². The van der Waals surface area contributed by atoms with E-state index in [0.717, 1.165) is 23.0 Å². The number of rotatable bonds is 4. The van der Waals surface area contributed by atoms with Gasteiger partial charge in [-0.15, -0.1) is 0 Å². The van der Waals surface area contributed by atoms with Crippen LogP contribution in [-0.2, 0) is 16.0 Å². The van der Waals surface area contributed by atoms with Crippen molar-refractivity contribution < 1.29 is 9.59 Å². The Balaban J connectivity index is 1.66. The molecule has 0 saturated carbocycles. The zero-order valence-corrected chi connectivity index (χ0v) is 11.5. The summed E-state index contributed by atoms with van der Waals surface area (Å²) in [5.41, 5.74) is 8.05. The molecule has 1 aliphatic heterocycles. The Morgan fingerprint density at radius 3 is 2.76 bits per heavy atom. The molecule has 2 heterocycles. The van der Waals surface area contributed by atoms with Crippen molar-refractivity contribution in [3.63, 3.8) is 0 Å². The summed E-state index contributed by atoms with van der Waals surface area (Å²) in [5, 5.41) is 0. The molecule has 3 rings (SSSR count). The normalized spacial score (nSPS) is 18.4. The number of carbonyl (C=O) groups is 2. The first-order valence-corrected chi connectivity index (χ1v) is 6.90. The third-order valence-corrected chi connectivity index (χ3v) is 3.82. The first kappa shape index (κ1) is 13.5. The van der Waals surface area contributed by atoms with Crippen LogP contribution >= 0.6 is 0 Å². The highest BCUT2D eigenvalue weighted by molar-refractivity contribution is 5.88. The number of likely N-dealkylation sites (tertiary alicyclic amines) is 1. The lowest BCUT2D eigenvalue weighted by Gasteiger charge is -2.16. The van der Waals surface area contributed by atoms with Gasteiger partial charge in [-0.1, -0.05) is 6.07 Å². The van der Waals surface area contributed by atoms with Crippen molar-refractivity contribution in [2.45, 2.75) is 12.8 Å². The molecular weight excluding hydrogens is 268 g/mol.